The largest absolute Gasteiger partial charge is 0.391 e. The first-order valence-corrected chi connectivity index (χ1v) is 8.78. The summed E-state index contributed by atoms with van der Waals surface area (Å²) in [4.78, 5) is 23.9. The van der Waals surface area contributed by atoms with Crippen LogP contribution in [0.25, 0.3) is 11.1 Å². The third kappa shape index (κ3) is 5.00. The molecule has 0 saturated carbocycles. The highest BCUT2D eigenvalue weighted by molar-refractivity contribution is 5.98. The van der Waals surface area contributed by atoms with Crippen LogP contribution in [0.4, 0.5) is 0 Å². The van der Waals surface area contributed by atoms with Gasteiger partial charge in [0.05, 0.1) is 6.10 Å². The van der Waals surface area contributed by atoms with Crippen molar-refractivity contribution in [2.24, 2.45) is 0 Å². The second-order valence-electron chi connectivity index (χ2n) is 6.34. The van der Waals surface area contributed by atoms with Gasteiger partial charge < -0.3 is 15.5 Å². The molecule has 1 amide bonds. The Morgan fingerprint density at radius 1 is 1.00 bits per heavy atom. The van der Waals surface area contributed by atoms with Gasteiger partial charge in [0.25, 0.3) is 5.91 Å². The van der Waals surface area contributed by atoms with Gasteiger partial charge in [0.1, 0.15) is 12.6 Å². The van der Waals surface area contributed by atoms with Crippen molar-refractivity contribution in [3.05, 3.63) is 59.7 Å². The van der Waals surface area contributed by atoms with Crippen molar-refractivity contribution in [3.8, 4) is 11.1 Å². The molecule has 2 aromatic carbocycles. The highest BCUT2D eigenvalue weighted by Gasteiger charge is 2.25. The number of hydrogen-bond donors (Lipinski definition) is 3. The molecule has 0 aliphatic rings. The van der Waals surface area contributed by atoms with Crippen LogP contribution >= 0.6 is 0 Å². The fraction of sp³-hybridized carbons (Fsp3) is 0.333. The smallest absolute Gasteiger partial charge is 0.251 e. The first-order chi connectivity index (χ1) is 12.5. The predicted octanol–water partition coefficient (Wildman–Crippen LogP) is 2.35. The molecule has 138 valence electrons. The average Bonchev–Trinajstić information content (AvgIpc) is 2.66. The minimum atomic E-state index is -1.13. The summed E-state index contributed by atoms with van der Waals surface area (Å²) in [6.07, 6.45) is 1.07. The lowest BCUT2D eigenvalue weighted by Crippen LogP contribution is -2.48. The van der Waals surface area contributed by atoms with E-state index in [1.807, 2.05) is 12.1 Å². The Morgan fingerprint density at radius 2 is 1.54 bits per heavy atom. The maximum atomic E-state index is 12.3. The Morgan fingerprint density at radius 3 is 2.00 bits per heavy atom. The van der Waals surface area contributed by atoms with E-state index in [2.05, 4.69) is 36.5 Å². The standard InChI is InChI=1S/C21H25NO4/c1-3-4-15-5-7-16(8-6-15)17-9-11-18(12-10-17)21(26)22-20(14(2)24)19(25)13-23/h5-12,14,20,23-24H,3-4,13H2,1-2H3,(H,22,26)/t14-,20+/m0/s1. The minimum Gasteiger partial charge on any atom is -0.391 e. The number of aliphatic hydroxyl groups excluding tert-OH is 2. The molecule has 0 spiro atoms. The van der Waals surface area contributed by atoms with Crippen LogP contribution in [0.15, 0.2) is 48.5 Å². The Balaban J connectivity index is 2.10. The number of aryl methyl sites for hydroxylation is 1. The van der Waals surface area contributed by atoms with Crippen molar-refractivity contribution in [1.82, 2.24) is 5.32 Å². The molecule has 2 atom stereocenters. The highest BCUT2D eigenvalue weighted by Crippen LogP contribution is 2.21. The van der Waals surface area contributed by atoms with Gasteiger partial charge in [-0.3, -0.25) is 9.59 Å². The third-order valence-electron chi connectivity index (χ3n) is 4.24. The molecule has 0 aromatic heterocycles. The summed E-state index contributed by atoms with van der Waals surface area (Å²) in [5.41, 5.74) is 3.73. The fourth-order valence-corrected chi connectivity index (χ4v) is 2.76. The number of amides is 1. The van der Waals surface area contributed by atoms with Crippen molar-refractivity contribution in [3.63, 3.8) is 0 Å². The monoisotopic (exact) mass is 355 g/mol. The Kier molecular flexibility index (Phi) is 7.06. The van der Waals surface area contributed by atoms with Gasteiger partial charge in [0, 0.05) is 5.56 Å². The number of aliphatic hydroxyl groups is 2. The van der Waals surface area contributed by atoms with Crippen LogP contribution in [-0.4, -0.2) is 40.7 Å². The average molecular weight is 355 g/mol. The summed E-state index contributed by atoms with van der Waals surface area (Å²) in [7, 11) is 0. The van der Waals surface area contributed by atoms with Gasteiger partial charge in [0.15, 0.2) is 5.78 Å². The molecule has 0 bridgehead atoms. The van der Waals surface area contributed by atoms with Crippen molar-refractivity contribution in [2.45, 2.75) is 38.8 Å². The molecule has 2 rings (SSSR count). The van der Waals surface area contributed by atoms with Crippen LogP contribution in [0.1, 0.15) is 36.2 Å². The van der Waals surface area contributed by atoms with E-state index in [0.717, 1.165) is 24.0 Å². The van der Waals surface area contributed by atoms with Crippen molar-refractivity contribution in [2.75, 3.05) is 6.61 Å². The molecule has 0 heterocycles. The van der Waals surface area contributed by atoms with Gasteiger partial charge >= 0.3 is 0 Å². The lowest BCUT2D eigenvalue weighted by molar-refractivity contribution is -0.125. The molecule has 5 heteroatoms. The SMILES string of the molecule is CCCc1ccc(-c2ccc(C(=O)N[C@@H](C(=O)CO)[C@H](C)O)cc2)cc1. The van der Waals surface area contributed by atoms with Crippen LogP contribution < -0.4 is 5.32 Å². The van der Waals surface area contributed by atoms with E-state index in [-0.39, 0.29) is 0 Å². The Bertz CT molecular complexity index is 736. The number of benzene rings is 2. The first kappa shape index (κ1) is 19.8. The van der Waals surface area contributed by atoms with Gasteiger partial charge in [-0.25, -0.2) is 0 Å². The second kappa shape index (κ2) is 9.27. The normalized spacial score (nSPS) is 13.1. The van der Waals surface area contributed by atoms with E-state index in [0.29, 0.717) is 5.56 Å². The van der Waals surface area contributed by atoms with E-state index in [9.17, 15) is 14.7 Å². The van der Waals surface area contributed by atoms with Gasteiger partial charge in [-0.2, -0.15) is 0 Å². The highest BCUT2D eigenvalue weighted by atomic mass is 16.3. The number of carbonyl (C=O) groups excluding carboxylic acids is 2. The van der Waals surface area contributed by atoms with Crippen molar-refractivity contribution >= 4 is 11.7 Å². The summed E-state index contributed by atoms with van der Waals surface area (Å²) >= 11 is 0. The van der Waals surface area contributed by atoms with Gasteiger partial charge in [-0.15, -0.1) is 0 Å². The molecule has 26 heavy (non-hydrogen) atoms. The molecule has 0 unspecified atom stereocenters. The van der Waals surface area contributed by atoms with Crippen LogP contribution in [0, 0.1) is 0 Å². The van der Waals surface area contributed by atoms with Gasteiger partial charge in [-0.1, -0.05) is 49.7 Å². The second-order valence-corrected chi connectivity index (χ2v) is 6.34. The minimum absolute atomic E-state index is 0.382. The van der Waals surface area contributed by atoms with E-state index in [4.69, 9.17) is 5.11 Å². The topological polar surface area (TPSA) is 86.6 Å². The summed E-state index contributed by atoms with van der Waals surface area (Å²) < 4.78 is 0. The number of rotatable bonds is 8. The zero-order chi connectivity index (χ0) is 19.1. The summed E-state index contributed by atoms with van der Waals surface area (Å²) in [6.45, 7) is 2.81. The molecular formula is C21H25NO4. The van der Waals surface area contributed by atoms with Crippen LogP contribution in [0.5, 0.6) is 0 Å². The Labute approximate surface area is 153 Å². The molecule has 0 radical (unpaired) electrons. The van der Waals surface area contributed by atoms with Crippen LogP contribution in [0.2, 0.25) is 0 Å². The van der Waals surface area contributed by atoms with Gasteiger partial charge in [0.2, 0.25) is 0 Å². The van der Waals surface area contributed by atoms with Crippen molar-refractivity contribution in [1.29, 1.82) is 0 Å². The predicted molar refractivity (Wildman–Crippen MR) is 101 cm³/mol. The first-order valence-electron chi connectivity index (χ1n) is 8.78. The number of Topliss-reactive ketones (excluding diaryl/α,β-unsaturated/α-hetero) is 1. The van der Waals surface area contributed by atoms with Crippen molar-refractivity contribution < 1.29 is 19.8 Å². The molecule has 0 fully saturated rings. The van der Waals surface area contributed by atoms with E-state index >= 15 is 0 Å². The third-order valence-corrected chi connectivity index (χ3v) is 4.24. The lowest BCUT2D eigenvalue weighted by atomic mass is 10.0. The summed E-state index contributed by atoms with van der Waals surface area (Å²) in [5.74, 6) is -1.10. The maximum absolute atomic E-state index is 12.3. The van der Waals surface area contributed by atoms with E-state index in [1.54, 1.807) is 12.1 Å². The van der Waals surface area contributed by atoms with Gasteiger partial charge in [-0.05, 0) is 42.2 Å². The lowest BCUT2D eigenvalue weighted by Gasteiger charge is -2.19. The van der Waals surface area contributed by atoms with Crippen LogP contribution in [0.3, 0.4) is 0 Å². The number of nitrogens with one attached hydrogen (secondary N) is 1. The summed E-state index contributed by atoms with van der Waals surface area (Å²) in [5, 5.41) is 21.0. The zero-order valence-electron chi connectivity index (χ0n) is 15.1. The number of carbonyl (C=O) groups is 2. The maximum Gasteiger partial charge on any atom is 0.251 e. The zero-order valence-corrected chi connectivity index (χ0v) is 15.1. The fourth-order valence-electron chi connectivity index (χ4n) is 2.76. The molecule has 0 saturated heterocycles. The molecule has 3 N–H and O–H groups in total. The van der Waals surface area contributed by atoms with E-state index < -0.39 is 30.4 Å². The molecule has 0 aliphatic carbocycles. The van der Waals surface area contributed by atoms with E-state index in [1.165, 1.54) is 12.5 Å². The number of ketones is 1. The quantitative estimate of drug-likeness (QED) is 0.678. The molecule has 5 nitrogen and oxygen atoms in total. The summed E-state index contributed by atoms with van der Waals surface area (Å²) in [6, 6.07) is 14.2. The molecule has 0 aliphatic heterocycles. The molecular weight excluding hydrogens is 330 g/mol. The number of hydrogen-bond acceptors (Lipinski definition) is 4. The molecule has 2 aromatic rings. The van der Waals surface area contributed by atoms with Crippen LogP contribution in [-0.2, 0) is 11.2 Å². The Hall–Kier alpha value is -2.50.